The highest BCUT2D eigenvalue weighted by Gasteiger charge is 2.15. The number of rotatable bonds is 4. The van der Waals surface area contributed by atoms with Crippen LogP contribution in [0.1, 0.15) is 5.56 Å². The Labute approximate surface area is 108 Å². The zero-order valence-electron chi connectivity index (χ0n) is 10.2. The first-order chi connectivity index (χ1) is 9.11. The van der Waals surface area contributed by atoms with Crippen LogP contribution in [0, 0.1) is 17.5 Å². The van der Waals surface area contributed by atoms with E-state index in [2.05, 4.69) is 5.32 Å². The molecule has 0 saturated carbocycles. The lowest BCUT2D eigenvalue weighted by atomic mass is 10.2. The Bertz CT molecular complexity index is 564. The summed E-state index contributed by atoms with van der Waals surface area (Å²) < 4.78 is 45.8. The molecule has 0 atom stereocenters. The molecule has 0 amide bonds. The van der Waals surface area contributed by atoms with Gasteiger partial charge in [-0.25, -0.2) is 13.2 Å². The van der Waals surface area contributed by atoms with Crippen molar-refractivity contribution in [3.63, 3.8) is 0 Å². The molecular formula is C14H12F3NO. The number of hydrogen-bond donors (Lipinski definition) is 1. The SMILES string of the molecule is CNCc1cc(F)c(Oc2ccccc2F)c(F)c1. The fourth-order valence-corrected chi connectivity index (χ4v) is 1.65. The minimum absolute atomic E-state index is 0.221. The Balaban J connectivity index is 2.33. The summed E-state index contributed by atoms with van der Waals surface area (Å²) in [4.78, 5) is 0. The van der Waals surface area contributed by atoms with E-state index < -0.39 is 23.2 Å². The average molecular weight is 267 g/mol. The molecule has 0 aliphatic carbocycles. The molecule has 0 spiro atoms. The Morgan fingerprint density at radius 3 is 2.21 bits per heavy atom. The van der Waals surface area contributed by atoms with Crippen molar-refractivity contribution in [3.05, 3.63) is 59.4 Å². The normalized spacial score (nSPS) is 10.5. The predicted molar refractivity (Wildman–Crippen MR) is 65.6 cm³/mol. The average Bonchev–Trinajstić information content (AvgIpc) is 2.36. The van der Waals surface area contributed by atoms with Gasteiger partial charge in [0, 0.05) is 6.54 Å². The van der Waals surface area contributed by atoms with Crippen LogP contribution in [0.2, 0.25) is 0 Å². The van der Waals surface area contributed by atoms with Crippen molar-refractivity contribution >= 4 is 0 Å². The van der Waals surface area contributed by atoms with Crippen LogP contribution in [-0.2, 0) is 6.54 Å². The highest BCUT2D eigenvalue weighted by Crippen LogP contribution is 2.30. The monoisotopic (exact) mass is 267 g/mol. The molecule has 2 rings (SSSR count). The summed E-state index contributed by atoms with van der Waals surface area (Å²) >= 11 is 0. The smallest absolute Gasteiger partial charge is 0.198 e. The van der Waals surface area contributed by atoms with E-state index in [4.69, 9.17) is 4.74 Å². The zero-order valence-corrected chi connectivity index (χ0v) is 10.2. The molecule has 5 heteroatoms. The maximum absolute atomic E-state index is 13.7. The van der Waals surface area contributed by atoms with Gasteiger partial charge in [-0.3, -0.25) is 0 Å². The molecule has 0 saturated heterocycles. The highest BCUT2D eigenvalue weighted by molar-refractivity contribution is 5.36. The molecule has 0 unspecified atom stereocenters. The summed E-state index contributed by atoms with van der Waals surface area (Å²) in [5.74, 6) is -3.24. The molecule has 2 aromatic rings. The van der Waals surface area contributed by atoms with E-state index in [-0.39, 0.29) is 5.75 Å². The quantitative estimate of drug-likeness (QED) is 0.913. The van der Waals surface area contributed by atoms with Gasteiger partial charge in [0.25, 0.3) is 0 Å². The molecule has 1 N–H and O–H groups in total. The van der Waals surface area contributed by atoms with E-state index in [1.807, 2.05) is 0 Å². The molecule has 100 valence electrons. The lowest BCUT2D eigenvalue weighted by molar-refractivity contribution is 0.386. The van der Waals surface area contributed by atoms with Crippen LogP contribution in [0.4, 0.5) is 13.2 Å². The summed E-state index contributed by atoms with van der Waals surface area (Å²) in [5, 5.41) is 2.78. The van der Waals surface area contributed by atoms with Gasteiger partial charge in [0.05, 0.1) is 0 Å². The number of ether oxygens (including phenoxy) is 1. The molecule has 19 heavy (non-hydrogen) atoms. The van der Waals surface area contributed by atoms with E-state index in [1.54, 1.807) is 7.05 Å². The van der Waals surface area contributed by atoms with Crippen molar-refractivity contribution in [3.8, 4) is 11.5 Å². The summed E-state index contributed by atoms with van der Waals surface area (Å²) in [5.41, 5.74) is 0.443. The molecule has 2 nitrogen and oxygen atoms in total. The van der Waals surface area contributed by atoms with Gasteiger partial charge in [0.15, 0.2) is 29.0 Å². The van der Waals surface area contributed by atoms with E-state index in [9.17, 15) is 13.2 Å². The van der Waals surface area contributed by atoms with E-state index in [1.165, 1.54) is 18.2 Å². The molecule has 0 heterocycles. The minimum Gasteiger partial charge on any atom is -0.448 e. The summed E-state index contributed by atoms with van der Waals surface area (Å²) in [6.07, 6.45) is 0. The number of nitrogens with one attached hydrogen (secondary N) is 1. The number of hydrogen-bond acceptors (Lipinski definition) is 2. The fourth-order valence-electron chi connectivity index (χ4n) is 1.65. The van der Waals surface area contributed by atoms with Crippen LogP contribution >= 0.6 is 0 Å². The van der Waals surface area contributed by atoms with E-state index in [0.29, 0.717) is 12.1 Å². The Morgan fingerprint density at radius 1 is 1.00 bits per heavy atom. The number of halogens is 3. The largest absolute Gasteiger partial charge is 0.448 e. The zero-order chi connectivity index (χ0) is 13.8. The van der Waals surface area contributed by atoms with Gasteiger partial charge >= 0.3 is 0 Å². The summed E-state index contributed by atoms with van der Waals surface area (Å²) in [6.45, 7) is 0.327. The second-order valence-corrected chi connectivity index (χ2v) is 3.95. The summed E-state index contributed by atoms with van der Waals surface area (Å²) in [7, 11) is 1.67. The van der Waals surface area contributed by atoms with Crippen molar-refractivity contribution < 1.29 is 17.9 Å². The van der Waals surface area contributed by atoms with Crippen LogP contribution in [-0.4, -0.2) is 7.05 Å². The minimum atomic E-state index is -0.867. The molecule has 0 aromatic heterocycles. The third-order valence-corrected chi connectivity index (χ3v) is 2.49. The fraction of sp³-hybridized carbons (Fsp3) is 0.143. The Hall–Kier alpha value is -2.01. The standard InChI is InChI=1S/C14H12F3NO/c1-18-8-9-6-11(16)14(12(17)7-9)19-13-5-3-2-4-10(13)15/h2-7,18H,8H2,1H3. The molecule has 2 aromatic carbocycles. The Kier molecular flexibility index (Phi) is 4.06. The van der Waals surface area contributed by atoms with Gasteiger partial charge < -0.3 is 10.1 Å². The number of benzene rings is 2. The van der Waals surface area contributed by atoms with Crippen LogP contribution in [0.25, 0.3) is 0 Å². The summed E-state index contributed by atoms with van der Waals surface area (Å²) in [6, 6.07) is 7.73. The highest BCUT2D eigenvalue weighted by atomic mass is 19.1. The lowest BCUT2D eigenvalue weighted by Crippen LogP contribution is -2.06. The first-order valence-corrected chi connectivity index (χ1v) is 5.66. The van der Waals surface area contributed by atoms with Gasteiger partial charge in [0.1, 0.15) is 0 Å². The van der Waals surface area contributed by atoms with Crippen molar-refractivity contribution in [2.45, 2.75) is 6.54 Å². The predicted octanol–water partition coefficient (Wildman–Crippen LogP) is 3.62. The van der Waals surface area contributed by atoms with Gasteiger partial charge in [-0.05, 0) is 36.9 Å². The second-order valence-electron chi connectivity index (χ2n) is 3.95. The molecular weight excluding hydrogens is 255 g/mol. The van der Waals surface area contributed by atoms with Crippen LogP contribution in [0.15, 0.2) is 36.4 Å². The molecule has 0 aliphatic heterocycles. The first-order valence-electron chi connectivity index (χ1n) is 5.66. The molecule has 0 fully saturated rings. The number of para-hydroxylation sites is 1. The lowest BCUT2D eigenvalue weighted by Gasteiger charge is -2.10. The van der Waals surface area contributed by atoms with Crippen LogP contribution < -0.4 is 10.1 Å². The first kappa shape index (κ1) is 13.4. The second kappa shape index (κ2) is 5.75. The molecule has 0 bridgehead atoms. The van der Waals surface area contributed by atoms with E-state index in [0.717, 1.165) is 18.2 Å². The van der Waals surface area contributed by atoms with Crippen molar-refractivity contribution in [1.82, 2.24) is 5.32 Å². The molecule has 0 radical (unpaired) electrons. The van der Waals surface area contributed by atoms with Crippen LogP contribution in [0.5, 0.6) is 11.5 Å². The van der Waals surface area contributed by atoms with Crippen LogP contribution in [0.3, 0.4) is 0 Å². The van der Waals surface area contributed by atoms with Crippen molar-refractivity contribution in [1.29, 1.82) is 0 Å². The molecule has 0 aliphatic rings. The third kappa shape index (κ3) is 3.06. The maximum Gasteiger partial charge on any atom is 0.198 e. The van der Waals surface area contributed by atoms with Crippen molar-refractivity contribution in [2.24, 2.45) is 0 Å². The van der Waals surface area contributed by atoms with Gasteiger partial charge in [-0.1, -0.05) is 12.1 Å². The Morgan fingerprint density at radius 2 is 1.63 bits per heavy atom. The van der Waals surface area contributed by atoms with E-state index >= 15 is 0 Å². The van der Waals surface area contributed by atoms with Gasteiger partial charge in [-0.15, -0.1) is 0 Å². The van der Waals surface area contributed by atoms with Gasteiger partial charge in [0.2, 0.25) is 0 Å². The maximum atomic E-state index is 13.7. The third-order valence-electron chi connectivity index (χ3n) is 2.49. The van der Waals surface area contributed by atoms with Crippen molar-refractivity contribution in [2.75, 3.05) is 7.05 Å². The topological polar surface area (TPSA) is 21.3 Å². The van der Waals surface area contributed by atoms with Gasteiger partial charge in [-0.2, -0.15) is 0 Å².